The van der Waals surface area contributed by atoms with Crippen molar-refractivity contribution in [2.24, 2.45) is 0 Å². The van der Waals surface area contributed by atoms with Crippen molar-refractivity contribution >= 4 is 15.7 Å². The molecule has 0 unspecified atom stereocenters. The van der Waals surface area contributed by atoms with Crippen molar-refractivity contribution in [1.29, 1.82) is 0 Å². The van der Waals surface area contributed by atoms with Crippen molar-refractivity contribution < 1.29 is 17.2 Å². The third-order valence-electron chi connectivity index (χ3n) is 2.03. The number of benzene rings is 1. The van der Waals surface area contributed by atoms with Crippen LogP contribution in [0.4, 0.5) is 14.5 Å². The van der Waals surface area contributed by atoms with Crippen LogP contribution in [0.1, 0.15) is 6.42 Å². The second kappa shape index (κ2) is 5.92. The van der Waals surface area contributed by atoms with Gasteiger partial charge in [-0.2, -0.15) is 0 Å². The van der Waals surface area contributed by atoms with E-state index in [4.69, 9.17) is 0 Å². The molecule has 0 aromatic heterocycles. The third-order valence-corrected chi connectivity index (χ3v) is 3.39. The molecular formula is C10H14F2N2O2S. The lowest BCUT2D eigenvalue weighted by Gasteiger charge is -2.08. The first kappa shape index (κ1) is 13.9. The molecule has 17 heavy (non-hydrogen) atoms. The second-order valence-electron chi connectivity index (χ2n) is 3.50. The summed E-state index contributed by atoms with van der Waals surface area (Å²) in [5.41, 5.74) is -0.366. The zero-order valence-corrected chi connectivity index (χ0v) is 10.2. The average molecular weight is 264 g/mol. The van der Waals surface area contributed by atoms with Gasteiger partial charge >= 0.3 is 0 Å². The van der Waals surface area contributed by atoms with Crippen molar-refractivity contribution in [3.05, 3.63) is 29.8 Å². The molecular weight excluding hydrogens is 250 g/mol. The Bertz CT molecular complexity index is 477. The van der Waals surface area contributed by atoms with Gasteiger partial charge in [0.2, 0.25) is 10.0 Å². The van der Waals surface area contributed by atoms with E-state index in [1.54, 1.807) is 7.05 Å². The van der Waals surface area contributed by atoms with E-state index in [1.807, 2.05) is 4.72 Å². The van der Waals surface area contributed by atoms with E-state index in [1.165, 1.54) is 0 Å². The molecule has 7 heteroatoms. The maximum atomic E-state index is 13.2. The van der Waals surface area contributed by atoms with Crippen molar-refractivity contribution in [3.63, 3.8) is 0 Å². The molecule has 2 N–H and O–H groups in total. The van der Waals surface area contributed by atoms with Crippen LogP contribution in [0.5, 0.6) is 0 Å². The molecule has 0 aliphatic heterocycles. The minimum absolute atomic E-state index is 0.149. The zero-order valence-electron chi connectivity index (χ0n) is 9.33. The standard InChI is InChI=1S/C10H14F2N2O2S/c1-13-5-2-6-17(15,16)14-10-7-8(11)3-4-9(10)12/h3-4,7,13-14H,2,5-6H2,1H3. The molecule has 0 aliphatic carbocycles. The van der Waals surface area contributed by atoms with Gasteiger partial charge in [0.15, 0.2) is 0 Å². The molecule has 0 aliphatic rings. The van der Waals surface area contributed by atoms with Gasteiger partial charge in [-0.15, -0.1) is 0 Å². The minimum atomic E-state index is -3.64. The molecule has 1 aromatic rings. The highest BCUT2D eigenvalue weighted by molar-refractivity contribution is 7.92. The third kappa shape index (κ3) is 4.66. The minimum Gasteiger partial charge on any atom is -0.320 e. The smallest absolute Gasteiger partial charge is 0.232 e. The number of hydrogen-bond donors (Lipinski definition) is 2. The predicted octanol–water partition coefficient (Wildman–Crippen LogP) is 1.32. The fourth-order valence-corrected chi connectivity index (χ4v) is 2.35. The first-order valence-electron chi connectivity index (χ1n) is 5.05. The lowest BCUT2D eigenvalue weighted by Crippen LogP contribution is -2.20. The molecule has 1 aromatic carbocycles. The van der Waals surface area contributed by atoms with E-state index in [-0.39, 0.29) is 11.4 Å². The van der Waals surface area contributed by atoms with E-state index in [0.29, 0.717) is 13.0 Å². The van der Waals surface area contributed by atoms with Gasteiger partial charge in [0.1, 0.15) is 11.6 Å². The van der Waals surface area contributed by atoms with Gasteiger partial charge in [-0.05, 0) is 32.1 Å². The molecule has 96 valence electrons. The lowest BCUT2D eigenvalue weighted by atomic mass is 10.3. The lowest BCUT2D eigenvalue weighted by molar-refractivity contribution is 0.591. The molecule has 0 bridgehead atoms. The number of anilines is 1. The van der Waals surface area contributed by atoms with Crippen molar-refractivity contribution in [2.75, 3.05) is 24.1 Å². The van der Waals surface area contributed by atoms with E-state index in [0.717, 1.165) is 18.2 Å². The highest BCUT2D eigenvalue weighted by Crippen LogP contribution is 2.16. The first-order valence-corrected chi connectivity index (χ1v) is 6.70. The van der Waals surface area contributed by atoms with Crippen LogP contribution >= 0.6 is 0 Å². The average Bonchev–Trinajstić information content (AvgIpc) is 2.23. The number of sulfonamides is 1. The molecule has 0 heterocycles. The van der Waals surface area contributed by atoms with Crippen LogP contribution in [0.2, 0.25) is 0 Å². The molecule has 0 saturated heterocycles. The highest BCUT2D eigenvalue weighted by Gasteiger charge is 2.13. The van der Waals surface area contributed by atoms with Gasteiger partial charge < -0.3 is 5.32 Å². The summed E-state index contributed by atoms with van der Waals surface area (Å²) in [7, 11) is -1.94. The molecule has 0 saturated carbocycles. The number of halogens is 2. The van der Waals surface area contributed by atoms with Crippen molar-refractivity contribution in [2.45, 2.75) is 6.42 Å². The normalized spacial score (nSPS) is 11.5. The maximum Gasteiger partial charge on any atom is 0.232 e. The van der Waals surface area contributed by atoms with Gasteiger partial charge in [-0.25, -0.2) is 17.2 Å². The molecule has 0 spiro atoms. The second-order valence-corrected chi connectivity index (χ2v) is 5.34. The van der Waals surface area contributed by atoms with Crippen LogP contribution in [0.25, 0.3) is 0 Å². The molecule has 4 nitrogen and oxygen atoms in total. The summed E-state index contributed by atoms with van der Waals surface area (Å²) in [6, 6.07) is 2.61. The Balaban J connectivity index is 2.72. The zero-order chi connectivity index (χ0) is 12.9. The summed E-state index contributed by atoms with van der Waals surface area (Å²) in [6.07, 6.45) is 0.392. The summed E-state index contributed by atoms with van der Waals surface area (Å²) < 4.78 is 51.0. The Hall–Kier alpha value is -1.21. The monoisotopic (exact) mass is 264 g/mol. The van der Waals surface area contributed by atoms with Crippen LogP contribution in [0.3, 0.4) is 0 Å². The molecule has 1 rings (SSSR count). The largest absolute Gasteiger partial charge is 0.320 e. The van der Waals surface area contributed by atoms with Gasteiger partial charge in [-0.3, -0.25) is 4.72 Å². The van der Waals surface area contributed by atoms with Crippen LogP contribution in [-0.4, -0.2) is 27.8 Å². The molecule has 0 atom stereocenters. The van der Waals surface area contributed by atoms with Gasteiger partial charge in [-0.1, -0.05) is 0 Å². The molecule has 0 radical (unpaired) electrons. The van der Waals surface area contributed by atoms with E-state index in [2.05, 4.69) is 5.32 Å². The predicted molar refractivity (Wildman–Crippen MR) is 62.3 cm³/mol. The maximum absolute atomic E-state index is 13.2. The molecule has 0 fully saturated rings. The van der Waals surface area contributed by atoms with Crippen LogP contribution in [0, 0.1) is 11.6 Å². The van der Waals surface area contributed by atoms with Crippen molar-refractivity contribution in [3.8, 4) is 0 Å². The number of rotatable bonds is 6. The summed E-state index contributed by atoms with van der Waals surface area (Å²) in [4.78, 5) is 0. The summed E-state index contributed by atoms with van der Waals surface area (Å²) in [5.74, 6) is -1.65. The Kier molecular flexibility index (Phi) is 4.83. The topological polar surface area (TPSA) is 58.2 Å². The van der Waals surface area contributed by atoms with Gasteiger partial charge in [0.05, 0.1) is 11.4 Å². The van der Waals surface area contributed by atoms with E-state index in [9.17, 15) is 17.2 Å². The number of nitrogens with one attached hydrogen (secondary N) is 2. The Morgan fingerprint density at radius 1 is 1.29 bits per heavy atom. The van der Waals surface area contributed by atoms with E-state index < -0.39 is 21.7 Å². The Morgan fingerprint density at radius 2 is 2.00 bits per heavy atom. The quantitative estimate of drug-likeness (QED) is 0.762. The summed E-state index contributed by atoms with van der Waals surface area (Å²) in [6.45, 7) is 0.534. The highest BCUT2D eigenvalue weighted by atomic mass is 32.2. The van der Waals surface area contributed by atoms with Gasteiger partial charge in [0.25, 0.3) is 0 Å². The summed E-state index contributed by atoms with van der Waals surface area (Å²) >= 11 is 0. The fourth-order valence-electron chi connectivity index (χ4n) is 1.23. The number of hydrogen-bond acceptors (Lipinski definition) is 3. The van der Waals surface area contributed by atoms with Gasteiger partial charge in [0, 0.05) is 6.07 Å². The molecule has 0 amide bonds. The van der Waals surface area contributed by atoms with Crippen molar-refractivity contribution in [1.82, 2.24) is 5.32 Å². The van der Waals surface area contributed by atoms with Crippen LogP contribution in [0.15, 0.2) is 18.2 Å². The Morgan fingerprint density at radius 3 is 2.65 bits per heavy atom. The van der Waals surface area contributed by atoms with Crippen LogP contribution < -0.4 is 10.0 Å². The van der Waals surface area contributed by atoms with E-state index >= 15 is 0 Å². The SMILES string of the molecule is CNCCCS(=O)(=O)Nc1cc(F)ccc1F. The van der Waals surface area contributed by atoms with Crippen LogP contribution in [-0.2, 0) is 10.0 Å². The Labute approximate surface area is 99.1 Å². The first-order chi connectivity index (χ1) is 7.94. The fraction of sp³-hybridized carbons (Fsp3) is 0.400. The summed E-state index contributed by atoms with van der Waals surface area (Å²) in [5, 5.41) is 2.80.